The normalized spacial score (nSPS) is 11.8. The molecule has 0 aliphatic carbocycles. The first-order chi connectivity index (χ1) is 10.4. The average molecular weight is 322 g/mol. The second-order valence-electron chi connectivity index (χ2n) is 5.02. The molecule has 2 rings (SSSR count). The summed E-state index contributed by atoms with van der Waals surface area (Å²) in [6.45, 7) is 2.22. The molecule has 0 spiro atoms. The Morgan fingerprint density at radius 2 is 1.82 bits per heavy atom. The molecular weight excluding hydrogens is 303 g/mol. The maximum atomic E-state index is 13.4. The van der Waals surface area contributed by atoms with Crippen molar-refractivity contribution >= 4 is 10.0 Å². The molecule has 2 aromatic rings. The van der Waals surface area contributed by atoms with Gasteiger partial charge >= 0.3 is 0 Å². The van der Waals surface area contributed by atoms with Crippen molar-refractivity contribution in [3.05, 3.63) is 65.5 Å². The molecule has 0 heterocycles. The molecule has 4 nitrogen and oxygen atoms in total. The van der Waals surface area contributed by atoms with Crippen molar-refractivity contribution in [3.8, 4) is 0 Å². The van der Waals surface area contributed by atoms with E-state index in [2.05, 4.69) is 0 Å². The second kappa shape index (κ2) is 7.00. The van der Waals surface area contributed by atoms with Gasteiger partial charge in [0, 0.05) is 19.6 Å². The molecule has 0 saturated carbocycles. The molecule has 0 atom stereocenters. The van der Waals surface area contributed by atoms with Crippen molar-refractivity contribution in [2.45, 2.75) is 18.4 Å². The van der Waals surface area contributed by atoms with E-state index in [1.54, 1.807) is 6.92 Å². The third kappa shape index (κ3) is 3.71. The minimum atomic E-state index is -3.80. The molecule has 0 fully saturated rings. The molecule has 0 amide bonds. The van der Waals surface area contributed by atoms with Crippen molar-refractivity contribution < 1.29 is 12.8 Å². The smallest absolute Gasteiger partial charge is 0.243 e. The van der Waals surface area contributed by atoms with Crippen LogP contribution >= 0.6 is 0 Å². The third-order valence-corrected chi connectivity index (χ3v) is 5.34. The molecule has 0 aliphatic rings. The van der Waals surface area contributed by atoms with E-state index < -0.39 is 15.8 Å². The Labute approximate surface area is 130 Å². The lowest BCUT2D eigenvalue weighted by Gasteiger charge is -2.22. The third-order valence-electron chi connectivity index (χ3n) is 3.35. The van der Waals surface area contributed by atoms with Gasteiger partial charge in [0.1, 0.15) is 5.82 Å². The lowest BCUT2D eigenvalue weighted by atomic mass is 10.2. The highest BCUT2D eigenvalue weighted by molar-refractivity contribution is 7.89. The van der Waals surface area contributed by atoms with Crippen LogP contribution in [-0.4, -0.2) is 25.8 Å². The zero-order valence-electron chi connectivity index (χ0n) is 12.4. The highest BCUT2D eigenvalue weighted by Crippen LogP contribution is 2.22. The summed E-state index contributed by atoms with van der Waals surface area (Å²) in [5.41, 5.74) is 6.91. The van der Waals surface area contributed by atoms with Gasteiger partial charge in [0.2, 0.25) is 10.0 Å². The van der Waals surface area contributed by atoms with Gasteiger partial charge in [-0.25, -0.2) is 12.8 Å². The lowest BCUT2D eigenvalue weighted by molar-refractivity contribution is 0.413. The summed E-state index contributed by atoms with van der Waals surface area (Å²) < 4.78 is 40.3. The maximum absolute atomic E-state index is 13.4. The summed E-state index contributed by atoms with van der Waals surface area (Å²) in [7, 11) is -3.80. The van der Waals surface area contributed by atoms with Gasteiger partial charge in [-0.15, -0.1) is 0 Å². The summed E-state index contributed by atoms with van der Waals surface area (Å²) >= 11 is 0. The van der Waals surface area contributed by atoms with Crippen molar-refractivity contribution in [1.82, 2.24) is 4.31 Å². The topological polar surface area (TPSA) is 63.4 Å². The van der Waals surface area contributed by atoms with E-state index >= 15 is 0 Å². The number of sulfonamides is 1. The van der Waals surface area contributed by atoms with Crippen LogP contribution in [0.3, 0.4) is 0 Å². The molecule has 0 aliphatic heterocycles. The van der Waals surface area contributed by atoms with Gasteiger partial charge in [-0.3, -0.25) is 0 Å². The van der Waals surface area contributed by atoms with Crippen LogP contribution in [0.25, 0.3) is 0 Å². The van der Waals surface area contributed by atoms with Crippen LogP contribution in [0.15, 0.2) is 53.4 Å². The van der Waals surface area contributed by atoms with Gasteiger partial charge in [-0.05, 0) is 30.2 Å². The number of benzene rings is 2. The second-order valence-corrected chi connectivity index (χ2v) is 6.93. The van der Waals surface area contributed by atoms with E-state index in [4.69, 9.17) is 5.73 Å². The first kappa shape index (κ1) is 16.6. The van der Waals surface area contributed by atoms with Gasteiger partial charge in [0.25, 0.3) is 0 Å². The molecule has 0 saturated heterocycles. The first-order valence-corrected chi connectivity index (χ1v) is 8.39. The molecule has 0 bridgehead atoms. The minimum absolute atomic E-state index is 0.0168. The van der Waals surface area contributed by atoms with Crippen molar-refractivity contribution in [1.29, 1.82) is 0 Å². The fourth-order valence-corrected chi connectivity index (χ4v) is 3.89. The van der Waals surface area contributed by atoms with Crippen LogP contribution < -0.4 is 5.73 Å². The van der Waals surface area contributed by atoms with E-state index in [0.717, 1.165) is 11.6 Å². The number of nitrogens with zero attached hydrogens (tertiary/aromatic N) is 1. The molecule has 118 valence electrons. The zero-order chi connectivity index (χ0) is 16.2. The van der Waals surface area contributed by atoms with Crippen molar-refractivity contribution in [2.75, 3.05) is 13.1 Å². The fourth-order valence-electron chi connectivity index (χ4n) is 2.21. The van der Waals surface area contributed by atoms with Gasteiger partial charge < -0.3 is 5.73 Å². The van der Waals surface area contributed by atoms with Crippen LogP contribution in [0.1, 0.15) is 11.1 Å². The standard InChI is InChI=1S/C16H19FN2O2S/c1-13-7-8-15(17)11-16(13)22(20,21)19(10-9-18)12-14-5-3-2-4-6-14/h2-8,11H,9-10,12,18H2,1H3. The minimum Gasteiger partial charge on any atom is -0.329 e. The highest BCUT2D eigenvalue weighted by atomic mass is 32.2. The van der Waals surface area contributed by atoms with Crippen molar-refractivity contribution in [3.63, 3.8) is 0 Å². The highest BCUT2D eigenvalue weighted by Gasteiger charge is 2.26. The van der Waals surface area contributed by atoms with E-state index in [-0.39, 0.29) is 24.5 Å². The fraction of sp³-hybridized carbons (Fsp3) is 0.250. The van der Waals surface area contributed by atoms with E-state index in [9.17, 15) is 12.8 Å². The SMILES string of the molecule is Cc1ccc(F)cc1S(=O)(=O)N(CCN)Cc1ccccc1. The Morgan fingerprint density at radius 1 is 1.14 bits per heavy atom. The summed E-state index contributed by atoms with van der Waals surface area (Å²) in [6.07, 6.45) is 0. The predicted octanol–water partition coefficient (Wildman–Crippen LogP) is 2.28. The number of rotatable bonds is 6. The quantitative estimate of drug-likeness (QED) is 0.887. The molecule has 22 heavy (non-hydrogen) atoms. The summed E-state index contributed by atoms with van der Waals surface area (Å²) in [6, 6.07) is 13.0. The Hall–Kier alpha value is -1.76. The number of hydrogen-bond donors (Lipinski definition) is 1. The molecule has 2 N–H and O–H groups in total. The molecule has 0 radical (unpaired) electrons. The van der Waals surface area contributed by atoms with E-state index in [1.165, 1.54) is 16.4 Å². The Kier molecular flexibility index (Phi) is 5.28. The zero-order valence-corrected chi connectivity index (χ0v) is 13.2. The summed E-state index contributed by atoms with van der Waals surface area (Å²) in [5.74, 6) is -0.573. The van der Waals surface area contributed by atoms with Crippen LogP contribution in [0, 0.1) is 12.7 Å². The number of hydrogen-bond acceptors (Lipinski definition) is 3. The van der Waals surface area contributed by atoms with Crippen LogP contribution in [0.4, 0.5) is 4.39 Å². The van der Waals surface area contributed by atoms with Crippen molar-refractivity contribution in [2.24, 2.45) is 5.73 Å². The molecule has 0 aromatic heterocycles. The van der Waals surface area contributed by atoms with E-state index in [0.29, 0.717) is 5.56 Å². The average Bonchev–Trinajstić information content (AvgIpc) is 2.50. The number of nitrogens with two attached hydrogens (primary N) is 1. The predicted molar refractivity (Wildman–Crippen MR) is 84.2 cm³/mol. The number of halogens is 1. The van der Waals surface area contributed by atoms with Crippen LogP contribution in [0.5, 0.6) is 0 Å². The number of aryl methyl sites for hydroxylation is 1. The Bertz CT molecular complexity index is 733. The molecule has 0 unspecified atom stereocenters. The molecule has 2 aromatic carbocycles. The van der Waals surface area contributed by atoms with Crippen LogP contribution in [0.2, 0.25) is 0 Å². The van der Waals surface area contributed by atoms with Gasteiger partial charge in [0.15, 0.2) is 0 Å². The van der Waals surface area contributed by atoms with Gasteiger partial charge in [-0.1, -0.05) is 36.4 Å². The van der Waals surface area contributed by atoms with Gasteiger partial charge in [-0.2, -0.15) is 4.31 Å². The largest absolute Gasteiger partial charge is 0.329 e. The van der Waals surface area contributed by atoms with E-state index in [1.807, 2.05) is 30.3 Å². The lowest BCUT2D eigenvalue weighted by Crippen LogP contribution is -2.35. The Balaban J connectivity index is 2.39. The summed E-state index contributed by atoms with van der Waals surface area (Å²) in [4.78, 5) is -0.0168. The monoisotopic (exact) mass is 322 g/mol. The Morgan fingerprint density at radius 3 is 2.45 bits per heavy atom. The maximum Gasteiger partial charge on any atom is 0.243 e. The first-order valence-electron chi connectivity index (χ1n) is 6.95. The molecular formula is C16H19FN2O2S. The summed E-state index contributed by atoms with van der Waals surface area (Å²) in [5, 5.41) is 0. The van der Waals surface area contributed by atoms with Crippen LogP contribution in [-0.2, 0) is 16.6 Å². The van der Waals surface area contributed by atoms with Gasteiger partial charge in [0.05, 0.1) is 4.90 Å². The molecule has 6 heteroatoms.